The molecule has 2 amide bonds. The molecule has 0 fully saturated rings. The largest absolute Gasteiger partial charge is 0.495 e. The molecule has 0 aliphatic rings. The maximum absolute atomic E-state index is 12.0. The van der Waals surface area contributed by atoms with Gasteiger partial charge in [0, 0.05) is 17.2 Å². The number of carbonyl (C=O) groups excluding carboxylic acids is 1. The Morgan fingerprint density at radius 1 is 1.15 bits per heavy atom. The summed E-state index contributed by atoms with van der Waals surface area (Å²) in [5, 5.41) is 6.06. The van der Waals surface area contributed by atoms with Crippen molar-refractivity contribution in [2.45, 2.75) is 13.8 Å². The summed E-state index contributed by atoms with van der Waals surface area (Å²) in [6.45, 7) is 5.06. The zero-order valence-corrected chi connectivity index (χ0v) is 15.9. The van der Waals surface area contributed by atoms with Crippen LogP contribution < -0.4 is 24.8 Å². The smallest absolute Gasteiger partial charge is 0.319 e. The van der Waals surface area contributed by atoms with Gasteiger partial charge < -0.3 is 24.8 Å². The van der Waals surface area contributed by atoms with E-state index in [9.17, 15) is 4.79 Å². The van der Waals surface area contributed by atoms with Gasteiger partial charge in [-0.15, -0.1) is 0 Å². The number of aryl methyl sites for hydroxylation is 1. The van der Waals surface area contributed by atoms with Gasteiger partial charge in [0.2, 0.25) is 0 Å². The summed E-state index contributed by atoms with van der Waals surface area (Å²) in [5.41, 5.74) is 1.40. The van der Waals surface area contributed by atoms with Crippen LogP contribution in [0.4, 0.5) is 10.5 Å². The van der Waals surface area contributed by atoms with Gasteiger partial charge in [0.25, 0.3) is 0 Å². The average Bonchev–Trinajstić information content (AvgIpc) is 2.62. The predicted molar refractivity (Wildman–Crippen MR) is 103 cm³/mol. The number of hydrogen-bond donors (Lipinski definition) is 2. The van der Waals surface area contributed by atoms with Crippen molar-refractivity contribution in [2.75, 3.05) is 32.2 Å². The van der Waals surface area contributed by atoms with Crippen molar-refractivity contribution in [1.29, 1.82) is 0 Å². The minimum absolute atomic E-state index is 0.333. The lowest BCUT2D eigenvalue weighted by Crippen LogP contribution is -2.32. The van der Waals surface area contributed by atoms with Crippen LogP contribution in [0.25, 0.3) is 0 Å². The lowest BCUT2D eigenvalue weighted by molar-refractivity contribution is 0.247. The molecule has 0 spiro atoms. The highest BCUT2D eigenvalue weighted by molar-refractivity contribution is 6.31. The Morgan fingerprint density at radius 2 is 1.88 bits per heavy atom. The number of amides is 2. The highest BCUT2D eigenvalue weighted by Crippen LogP contribution is 2.30. The molecule has 140 valence electrons. The van der Waals surface area contributed by atoms with E-state index in [4.69, 9.17) is 25.8 Å². The van der Waals surface area contributed by atoms with E-state index in [0.717, 1.165) is 11.3 Å². The van der Waals surface area contributed by atoms with E-state index < -0.39 is 0 Å². The van der Waals surface area contributed by atoms with Crippen molar-refractivity contribution in [2.24, 2.45) is 0 Å². The number of methoxy groups -OCH3 is 1. The summed E-state index contributed by atoms with van der Waals surface area (Å²) in [4.78, 5) is 12.0. The first-order valence-electron chi connectivity index (χ1n) is 8.28. The molecule has 0 radical (unpaired) electrons. The van der Waals surface area contributed by atoms with Gasteiger partial charge in [0.1, 0.15) is 23.9 Å². The summed E-state index contributed by atoms with van der Waals surface area (Å²) >= 11 is 6.06. The monoisotopic (exact) mass is 378 g/mol. The van der Waals surface area contributed by atoms with Gasteiger partial charge in [-0.05, 0) is 37.6 Å². The highest BCUT2D eigenvalue weighted by Gasteiger charge is 2.10. The van der Waals surface area contributed by atoms with Crippen molar-refractivity contribution in [3.05, 3.63) is 47.0 Å². The van der Waals surface area contributed by atoms with Gasteiger partial charge >= 0.3 is 6.03 Å². The van der Waals surface area contributed by atoms with Gasteiger partial charge in [-0.25, -0.2) is 4.79 Å². The molecule has 0 saturated heterocycles. The van der Waals surface area contributed by atoms with Crippen LogP contribution in [-0.4, -0.2) is 32.9 Å². The molecule has 2 N–H and O–H groups in total. The van der Waals surface area contributed by atoms with Crippen LogP contribution in [0.1, 0.15) is 12.5 Å². The number of benzene rings is 2. The van der Waals surface area contributed by atoms with E-state index in [1.165, 1.54) is 7.11 Å². The molecule has 0 heterocycles. The van der Waals surface area contributed by atoms with Crippen LogP contribution in [0.5, 0.6) is 17.2 Å². The van der Waals surface area contributed by atoms with Crippen molar-refractivity contribution in [3.8, 4) is 17.2 Å². The molecule has 0 aromatic heterocycles. The molecule has 2 rings (SSSR count). The molecular formula is C19H23ClN2O4. The van der Waals surface area contributed by atoms with Gasteiger partial charge in [0.05, 0.1) is 25.9 Å². The van der Waals surface area contributed by atoms with Gasteiger partial charge in [0.15, 0.2) is 0 Å². The maximum atomic E-state index is 12.0. The van der Waals surface area contributed by atoms with Crippen molar-refractivity contribution < 1.29 is 19.0 Å². The van der Waals surface area contributed by atoms with Gasteiger partial charge in [-0.2, -0.15) is 0 Å². The second-order valence-electron chi connectivity index (χ2n) is 5.44. The maximum Gasteiger partial charge on any atom is 0.319 e. The third kappa shape index (κ3) is 5.74. The second-order valence-corrected chi connectivity index (χ2v) is 5.85. The molecular weight excluding hydrogens is 356 g/mol. The number of halogens is 1. The predicted octanol–water partition coefficient (Wildman–Crippen LogP) is 4.26. The lowest BCUT2D eigenvalue weighted by atomic mass is 10.2. The van der Waals surface area contributed by atoms with Crippen molar-refractivity contribution in [1.82, 2.24) is 5.32 Å². The summed E-state index contributed by atoms with van der Waals surface area (Å²) in [5.74, 6) is 1.94. The highest BCUT2D eigenvalue weighted by atomic mass is 35.5. The third-order valence-corrected chi connectivity index (χ3v) is 3.91. The fourth-order valence-corrected chi connectivity index (χ4v) is 2.40. The first-order valence-corrected chi connectivity index (χ1v) is 8.66. The number of ether oxygens (including phenoxy) is 3. The molecule has 2 aromatic rings. The Morgan fingerprint density at radius 3 is 2.58 bits per heavy atom. The van der Waals surface area contributed by atoms with Gasteiger partial charge in [-0.3, -0.25) is 0 Å². The molecule has 0 atom stereocenters. The summed E-state index contributed by atoms with van der Waals surface area (Å²) in [6.07, 6.45) is 0. The SMILES string of the molecule is CCOc1cccc(OCCNC(=O)Nc2cc(C)c(Cl)cc2OC)c1. The molecule has 6 nitrogen and oxygen atoms in total. The summed E-state index contributed by atoms with van der Waals surface area (Å²) in [6, 6.07) is 10.4. The lowest BCUT2D eigenvalue weighted by Gasteiger charge is -2.13. The quantitative estimate of drug-likeness (QED) is 0.673. The number of rotatable bonds is 8. The molecule has 0 saturated carbocycles. The number of urea groups is 1. The Balaban J connectivity index is 1.81. The molecule has 0 unspecified atom stereocenters. The van der Waals surface area contributed by atoms with E-state index in [2.05, 4.69) is 10.6 Å². The normalized spacial score (nSPS) is 10.2. The molecule has 2 aromatic carbocycles. The minimum atomic E-state index is -0.350. The van der Waals surface area contributed by atoms with Crippen molar-refractivity contribution >= 4 is 23.3 Å². The molecule has 0 bridgehead atoms. The fourth-order valence-electron chi connectivity index (χ4n) is 2.25. The van der Waals surface area contributed by atoms with Crippen LogP contribution in [-0.2, 0) is 0 Å². The van der Waals surface area contributed by atoms with E-state index in [0.29, 0.717) is 42.0 Å². The topological polar surface area (TPSA) is 68.8 Å². The van der Waals surface area contributed by atoms with Crippen LogP contribution >= 0.6 is 11.6 Å². The first kappa shape index (κ1) is 19.7. The van der Waals surface area contributed by atoms with E-state index in [1.807, 2.05) is 38.1 Å². The zero-order chi connectivity index (χ0) is 18.9. The molecule has 7 heteroatoms. The molecule has 26 heavy (non-hydrogen) atoms. The van der Waals surface area contributed by atoms with Crippen LogP contribution in [0, 0.1) is 6.92 Å². The van der Waals surface area contributed by atoms with Crippen LogP contribution in [0.3, 0.4) is 0 Å². The Hall–Kier alpha value is -2.60. The number of carbonyl (C=O) groups is 1. The average molecular weight is 379 g/mol. The molecule has 0 aliphatic carbocycles. The van der Waals surface area contributed by atoms with E-state index in [-0.39, 0.29) is 6.03 Å². The van der Waals surface area contributed by atoms with Crippen LogP contribution in [0.2, 0.25) is 5.02 Å². The van der Waals surface area contributed by atoms with Crippen LogP contribution in [0.15, 0.2) is 36.4 Å². The first-order chi connectivity index (χ1) is 12.5. The Kier molecular flexibility index (Phi) is 7.41. The number of nitrogens with one attached hydrogen (secondary N) is 2. The molecule has 0 aliphatic heterocycles. The third-order valence-electron chi connectivity index (χ3n) is 3.50. The minimum Gasteiger partial charge on any atom is -0.495 e. The zero-order valence-electron chi connectivity index (χ0n) is 15.1. The van der Waals surface area contributed by atoms with E-state index >= 15 is 0 Å². The Labute approximate surface area is 158 Å². The van der Waals surface area contributed by atoms with E-state index in [1.54, 1.807) is 12.1 Å². The fraction of sp³-hybridized carbons (Fsp3) is 0.316. The number of anilines is 1. The standard InChI is InChI=1S/C19H23ClN2O4/c1-4-25-14-6-5-7-15(11-14)26-9-8-21-19(23)22-17-10-13(2)16(20)12-18(17)24-3/h5-7,10-12H,4,8-9H2,1-3H3,(H2,21,22,23). The summed E-state index contributed by atoms with van der Waals surface area (Å²) in [7, 11) is 1.52. The second kappa shape index (κ2) is 9.77. The van der Waals surface area contributed by atoms with Crippen molar-refractivity contribution in [3.63, 3.8) is 0 Å². The summed E-state index contributed by atoms with van der Waals surface area (Å²) < 4.78 is 16.3. The van der Waals surface area contributed by atoms with Gasteiger partial charge in [-0.1, -0.05) is 17.7 Å². The number of hydrogen-bond acceptors (Lipinski definition) is 4. The Bertz CT molecular complexity index is 752.